The Morgan fingerprint density at radius 2 is 2.21 bits per heavy atom. The lowest BCUT2D eigenvalue weighted by molar-refractivity contribution is 0.408. The Morgan fingerprint density at radius 3 is 3.07 bits per heavy atom. The SMILES string of the molecule is Cc1ccc2c(c1)[C@H]1CN(C)C[C@H]1N2. The van der Waals surface area contributed by atoms with E-state index in [9.17, 15) is 0 Å². The van der Waals surface area contributed by atoms with Gasteiger partial charge in [-0.15, -0.1) is 0 Å². The van der Waals surface area contributed by atoms with Crippen molar-refractivity contribution >= 4 is 5.69 Å². The van der Waals surface area contributed by atoms with Gasteiger partial charge < -0.3 is 10.2 Å². The van der Waals surface area contributed by atoms with Crippen LogP contribution in [0.2, 0.25) is 0 Å². The van der Waals surface area contributed by atoms with E-state index < -0.39 is 0 Å². The number of nitrogens with one attached hydrogen (secondary N) is 1. The monoisotopic (exact) mass is 188 g/mol. The number of likely N-dealkylation sites (tertiary alicyclic amines) is 1. The molecule has 2 atom stereocenters. The highest BCUT2D eigenvalue weighted by molar-refractivity contribution is 5.61. The van der Waals surface area contributed by atoms with Crippen LogP contribution >= 0.6 is 0 Å². The van der Waals surface area contributed by atoms with Gasteiger partial charge in [0.15, 0.2) is 0 Å². The number of hydrogen-bond acceptors (Lipinski definition) is 2. The van der Waals surface area contributed by atoms with E-state index in [0.717, 1.165) is 5.92 Å². The van der Waals surface area contributed by atoms with Crippen molar-refractivity contribution in [2.75, 3.05) is 25.5 Å². The number of anilines is 1. The molecule has 0 radical (unpaired) electrons. The fraction of sp³-hybridized carbons (Fsp3) is 0.500. The van der Waals surface area contributed by atoms with Crippen molar-refractivity contribution in [2.45, 2.75) is 18.9 Å². The third kappa shape index (κ3) is 1.07. The van der Waals surface area contributed by atoms with E-state index in [0.29, 0.717) is 6.04 Å². The Balaban J connectivity index is 2.03. The zero-order chi connectivity index (χ0) is 9.71. The second-order valence-corrected chi connectivity index (χ2v) is 4.67. The normalized spacial score (nSPS) is 29.9. The summed E-state index contributed by atoms with van der Waals surface area (Å²) in [6, 6.07) is 7.41. The standard InChI is InChI=1S/C12H16N2/c1-8-3-4-11-9(5-8)10-6-14(2)7-12(10)13-11/h3-5,10,12-13H,6-7H2,1-2H3/t10-,12-/m1/s1. The molecule has 1 fully saturated rings. The molecule has 0 saturated carbocycles. The minimum Gasteiger partial charge on any atom is -0.380 e. The fourth-order valence-corrected chi connectivity index (χ4v) is 2.78. The highest BCUT2D eigenvalue weighted by atomic mass is 15.2. The molecule has 74 valence electrons. The number of nitrogens with zero attached hydrogens (tertiary/aromatic N) is 1. The third-order valence-corrected chi connectivity index (χ3v) is 3.45. The molecule has 2 nitrogen and oxygen atoms in total. The van der Waals surface area contributed by atoms with Crippen molar-refractivity contribution in [1.82, 2.24) is 4.90 Å². The van der Waals surface area contributed by atoms with Crippen molar-refractivity contribution in [3.8, 4) is 0 Å². The fourth-order valence-electron chi connectivity index (χ4n) is 2.78. The Morgan fingerprint density at radius 1 is 1.36 bits per heavy atom. The lowest BCUT2D eigenvalue weighted by Crippen LogP contribution is -2.22. The van der Waals surface area contributed by atoms with Gasteiger partial charge in [0.2, 0.25) is 0 Å². The van der Waals surface area contributed by atoms with Crippen LogP contribution in [0.4, 0.5) is 5.69 Å². The highest BCUT2D eigenvalue weighted by Crippen LogP contribution is 2.40. The minimum absolute atomic E-state index is 0.650. The average molecular weight is 188 g/mol. The van der Waals surface area contributed by atoms with Gasteiger partial charge in [-0.2, -0.15) is 0 Å². The lowest BCUT2D eigenvalue weighted by Gasteiger charge is -2.10. The summed E-state index contributed by atoms with van der Waals surface area (Å²) in [5.41, 5.74) is 4.26. The first kappa shape index (κ1) is 8.30. The molecule has 3 rings (SSSR count). The maximum atomic E-state index is 3.61. The number of rotatable bonds is 0. The van der Waals surface area contributed by atoms with Crippen LogP contribution in [0.5, 0.6) is 0 Å². The molecule has 14 heavy (non-hydrogen) atoms. The molecule has 2 heteroatoms. The first-order valence-corrected chi connectivity index (χ1v) is 5.29. The molecular weight excluding hydrogens is 172 g/mol. The van der Waals surface area contributed by atoms with E-state index in [-0.39, 0.29) is 0 Å². The molecule has 0 spiro atoms. The lowest BCUT2D eigenvalue weighted by atomic mass is 9.97. The minimum atomic E-state index is 0.650. The molecule has 0 unspecified atom stereocenters. The molecule has 0 aliphatic carbocycles. The number of likely N-dealkylation sites (N-methyl/N-ethyl adjacent to an activating group) is 1. The van der Waals surface area contributed by atoms with Crippen molar-refractivity contribution in [1.29, 1.82) is 0 Å². The van der Waals surface area contributed by atoms with Gasteiger partial charge >= 0.3 is 0 Å². The third-order valence-electron chi connectivity index (χ3n) is 3.45. The highest BCUT2D eigenvalue weighted by Gasteiger charge is 2.38. The molecule has 1 N–H and O–H groups in total. The summed E-state index contributed by atoms with van der Waals surface area (Å²) in [5.74, 6) is 0.717. The van der Waals surface area contributed by atoms with Gasteiger partial charge in [0, 0.05) is 30.7 Å². The van der Waals surface area contributed by atoms with Crippen molar-refractivity contribution < 1.29 is 0 Å². The van der Waals surface area contributed by atoms with Gasteiger partial charge in [0.25, 0.3) is 0 Å². The van der Waals surface area contributed by atoms with E-state index in [1.165, 1.54) is 29.9 Å². The molecule has 0 bridgehead atoms. The van der Waals surface area contributed by atoms with Gasteiger partial charge in [-0.05, 0) is 25.6 Å². The topological polar surface area (TPSA) is 15.3 Å². The largest absolute Gasteiger partial charge is 0.380 e. The molecule has 0 amide bonds. The van der Waals surface area contributed by atoms with Crippen LogP contribution in [0.1, 0.15) is 17.0 Å². The number of hydrogen-bond donors (Lipinski definition) is 1. The average Bonchev–Trinajstić information content (AvgIpc) is 2.62. The molecule has 1 saturated heterocycles. The van der Waals surface area contributed by atoms with Gasteiger partial charge in [-0.1, -0.05) is 17.7 Å². The van der Waals surface area contributed by atoms with Crippen molar-refractivity contribution in [3.05, 3.63) is 29.3 Å². The van der Waals surface area contributed by atoms with Crippen LogP contribution in [-0.4, -0.2) is 31.1 Å². The van der Waals surface area contributed by atoms with Gasteiger partial charge in [0.05, 0.1) is 0 Å². The van der Waals surface area contributed by atoms with E-state index in [2.05, 4.69) is 42.4 Å². The van der Waals surface area contributed by atoms with Gasteiger partial charge in [-0.3, -0.25) is 0 Å². The van der Waals surface area contributed by atoms with E-state index in [4.69, 9.17) is 0 Å². The van der Waals surface area contributed by atoms with Crippen LogP contribution in [0, 0.1) is 6.92 Å². The van der Waals surface area contributed by atoms with Crippen molar-refractivity contribution in [3.63, 3.8) is 0 Å². The summed E-state index contributed by atoms with van der Waals surface area (Å²) in [6.45, 7) is 4.55. The van der Waals surface area contributed by atoms with Gasteiger partial charge in [-0.25, -0.2) is 0 Å². The van der Waals surface area contributed by atoms with Crippen LogP contribution in [-0.2, 0) is 0 Å². The molecular formula is C12H16N2. The van der Waals surface area contributed by atoms with E-state index in [1.54, 1.807) is 0 Å². The maximum Gasteiger partial charge on any atom is 0.0470 e. The molecule has 2 aliphatic rings. The van der Waals surface area contributed by atoms with Crippen LogP contribution in [0.3, 0.4) is 0 Å². The smallest absolute Gasteiger partial charge is 0.0470 e. The quantitative estimate of drug-likeness (QED) is 0.668. The summed E-state index contributed by atoms with van der Waals surface area (Å²) in [4.78, 5) is 2.41. The predicted octanol–water partition coefficient (Wildman–Crippen LogP) is 1.82. The van der Waals surface area contributed by atoms with Crippen LogP contribution < -0.4 is 5.32 Å². The maximum absolute atomic E-state index is 3.61. The first-order chi connectivity index (χ1) is 6.74. The Hall–Kier alpha value is -1.02. The number of aryl methyl sites for hydroxylation is 1. The van der Waals surface area contributed by atoms with Crippen LogP contribution in [0.25, 0.3) is 0 Å². The second-order valence-electron chi connectivity index (χ2n) is 4.67. The summed E-state index contributed by atoms with van der Waals surface area (Å²) >= 11 is 0. The Labute approximate surface area is 84.9 Å². The zero-order valence-corrected chi connectivity index (χ0v) is 8.75. The molecule has 0 aromatic heterocycles. The van der Waals surface area contributed by atoms with E-state index in [1.807, 2.05) is 0 Å². The van der Waals surface area contributed by atoms with Crippen LogP contribution in [0.15, 0.2) is 18.2 Å². The predicted molar refractivity (Wildman–Crippen MR) is 58.8 cm³/mol. The first-order valence-electron chi connectivity index (χ1n) is 5.29. The Kier molecular flexibility index (Phi) is 1.62. The summed E-state index contributed by atoms with van der Waals surface area (Å²) in [5, 5.41) is 3.61. The summed E-state index contributed by atoms with van der Waals surface area (Å²) in [7, 11) is 2.20. The molecule has 1 aromatic carbocycles. The summed E-state index contributed by atoms with van der Waals surface area (Å²) in [6.07, 6.45) is 0. The molecule has 2 heterocycles. The second kappa shape index (κ2) is 2.74. The Bertz CT molecular complexity index is 373. The van der Waals surface area contributed by atoms with Gasteiger partial charge in [0.1, 0.15) is 0 Å². The molecule has 1 aromatic rings. The van der Waals surface area contributed by atoms with Crippen molar-refractivity contribution in [2.24, 2.45) is 0 Å². The number of benzene rings is 1. The molecule has 2 aliphatic heterocycles. The van der Waals surface area contributed by atoms with E-state index >= 15 is 0 Å². The number of fused-ring (bicyclic) bond motifs is 3. The summed E-state index contributed by atoms with van der Waals surface area (Å²) < 4.78 is 0. The zero-order valence-electron chi connectivity index (χ0n) is 8.75.